The van der Waals surface area contributed by atoms with Crippen molar-refractivity contribution in [1.29, 1.82) is 0 Å². The smallest absolute Gasteiger partial charge is 0.263 e. The Bertz CT molecular complexity index is 614. The van der Waals surface area contributed by atoms with Crippen LogP contribution in [0.1, 0.15) is 26.9 Å². The van der Waals surface area contributed by atoms with Gasteiger partial charge < -0.3 is 4.90 Å². The van der Waals surface area contributed by atoms with Crippen molar-refractivity contribution < 1.29 is 4.79 Å². The molecule has 3 rings (SSSR count). The van der Waals surface area contributed by atoms with Crippen molar-refractivity contribution in [2.45, 2.75) is 11.7 Å². The number of benzene rings is 1. The van der Waals surface area contributed by atoms with Gasteiger partial charge in [0.25, 0.3) is 5.91 Å². The summed E-state index contributed by atoms with van der Waals surface area (Å²) in [6.45, 7) is 1.60. The molecule has 1 atom stereocenters. The third-order valence-corrected chi connectivity index (χ3v) is 6.13. The Kier molecular flexibility index (Phi) is 4.88. The fraction of sp³-hybridized carbons (Fsp3) is 0.312. The molecule has 2 aromatic rings. The molecule has 1 amide bonds. The Hall–Kier alpha value is -0.970. The largest absolute Gasteiger partial charge is 0.337 e. The summed E-state index contributed by atoms with van der Waals surface area (Å²) < 4.78 is 0. The van der Waals surface area contributed by atoms with Crippen LogP contribution in [0.5, 0.6) is 0 Å². The van der Waals surface area contributed by atoms with Crippen LogP contribution in [0.25, 0.3) is 0 Å². The SMILES string of the molecule is O=C(c1cccs1)N1CCS[C@H](c2ccccc2Cl)CC1. The number of hydrogen-bond donors (Lipinski definition) is 0. The van der Waals surface area contributed by atoms with E-state index in [9.17, 15) is 4.79 Å². The van der Waals surface area contributed by atoms with Crippen molar-refractivity contribution in [2.75, 3.05) is 18.8 Å². The van der Waals surface area contributed by atoms with E-state index in [1.165, 1.54) is 16.9 Å². The van der Waals surface area contributed by atoms with Gasteiger partial charge in [0.05, 0.1) is 4.88 Å². The van der Waals surface area contributed by atoms with Crippen molar-refractivity contribution in [2.24, 2.45) is 0 Å². The Morgan fingerprint density at radius 3 is 2.81 bits per heavy atom. The van der Waals surface area contributed by atoms with Crippen LogP contribution in [-0.4, -0.2) is 29.6 Å². The average molecular weight is 338 g/mol. The number of rotatable bonds is 2. The van der Waals surface area contributed by atoms with Crippen LogP contribution in [0.3, 0.4) is 0 Å². The van der Waals surface area contributed by atoms with E-state index in [1.807, 2.05) is 52.4 Å². The number of amides is 1. The maximum Gasteiger partial charge on any atom is 0.263 e. The molecule has 0 aliphatic carbocycles. The van der Waals surface area contributed by atoms with E-state index in [0.29, 0.717) is 5.25 Å². The molecule has 0 N–H and O–H groups in total. The second kappa shape index (κ2) is 6.86. The lowest BCUT2D eigenvalue weighted by atomic mass is 10.1. The Labute approximate surface area is 138 Å². The van der Waals surface area contributed by atoms with Gasteiger partial charge in [-0.1, -0.05) is 35.9 Å². The molecule has 21 heavy (non-hydrogen) atoms. The normalized spacial score (nSPS) is 19.3. The van der Waals surface area contributed by atoms with E-state index in [1.54, 1.807) is 0 Å². The minimum absolute atomic E-state index is 0.158. The van der Waals surface area contributed by atoms with E-state index in [-0.39, 0.29) is 5.91 Å². The first-order valence-electron chi connectivity index (χ1n) is 6.94. The van der Waals surface area contributed by atoms with Gasteiger partial charge in [-0.2, -0.15) is 11.8 Å². The number of nitrogens with zero attached hydrogens (tertiary/aromatic N) is 1. The van der Waals surface area contributed by atoms with E-state index in [0.717, 1.165) is 35.2 Å². The summed E-state index contributed by atoms with van der Waals surface area (Å²) in [5.41, 5.74) is 1.19. The topological polar surface area (TPSA) is 20.3 Å². The van der Waals surface area contributed by atoms with Crippen molar-refractivity contribution in [1.82, 2.24) is 4.90 Å². The monoisotopic (exact) mass is 337 g/mol. The molecule has 0 bridgehead atoms. The number of carbonyl (C=O) groups excluding carboxylic acids is 1. The molecule has 5 heteroatoms. The van der Waals surface area contributed by atoms with E-state index >= 15 is 0 Å². The van der Waals surface area contributed by atoms with Crippen LogP contribution in [-0.2, 0) is 0 Å². The third-order valence-electron chi connectivity index (χ3n) is 3.61. The molecule has 0 unspecified atom stereocenters. The highest BCUT2D eigenvalue weighted by molar-refractivity contribution is 7.99. The van der Waals surface area contributed by atoms with Gasteiger partial charge >= 0.3 is 0 Å². The number of thiophene rings is 1. The van der Waals surface area contributed by atoms with Crippen LogP contribution in [0.2, 0.25) is 5.02 Å². The highest BCUT2D eigenvalue weighted by atomic mass is 35.5. The van der Waals surface area contributed by atoms with Gasteiger partial charge in [0.1, 0.15) is 0 Å². The molecule has 0 spiro atoms. The van der Waals surface area contributed by atoms with Crippen molar-refractivity contribution >= 4 is 40.6 Å². The van der Waals surface area contributed by atoms with Crippen LogP contribution in [0.15, 0.2) is 41.8 Å². The van der Waals surface area contributed by atoms with Gasteiger partial charge in [0, 0.05) is 29.1 Å². The summed E-state index contributed by atoms with van der Waals surface area (Å²) >= 11 is 9.71. The Balaban J connectivity index is 1.70. The van der Waals surface area contributed by atoms with Gasteiger partial charge in [-0.3, -0.25) is 4.79 Å². The van der Waals surface area contributed by atoms with Crippen LogP contribution in [0.4, 0.5) is 0 Å². The van der Waals surface area contributed by atoms with Crippen LogP contribution >= 0.6 is 34.7 Å². The molecular weight excluding hydrogens is 322 g/mol. The molecule has 110 valence electrons. The maximum atomic E-state index is 12.4. The third kappa shape index (κ3) is 3.44. The number of halogens is 1. The van der Waals surface area contributed by atoms with Crippen molar-refractivity contribution in [3.05, 3.63) is 57.2 Å². The standard InChI is InChI=1S/C16H16ClNOS2/c17-13-5-2-1-4-12(13)14-7-8-18(9-11-21-14)16(19)15-6-3-10-20-15/h1-6,10,14H,7-9,11H2/t14-/m0/s1. The average Bonchev–Trinajstić information content (AvgIpc) is 2.92. The van der Waals surface area contributed by atoms with Gasteiger partial charge in [0.2, 0.25) is 0 Å². The summed E-state index contributed by atoms with van der Waals surface area (Å²) in [4.78, 5) is 15.2. The zero-order chi connectivity index (χ0) is 14.7. The summed E-state index contributed by atoms with van der Waals surface area (Å²) in [7, 11) is 0. The lowest BCUT2D eigenvalue weighted by molar-refractivity contribution is 0.0771. The number of carbonyl (C=O) groups is 1. The Morgan fingerprint density at radius 1 is 1.19 bits per heavy atom. The minimum atomic E-state index is 0.158. The quantitative estimate of drug-likeness (QED) is 0.790. The number of hydrogen-bond acceptors (Lipinski definition) is 3. The highest BCUT2D eigenvalue weighted by Gasteiger charge is 2.24. The van der Waals surface area contributed by atoms with Gasteiger partial charge in [-0.05, 0) is 29.5 Å². The summed E-state index contributed by atoms with van der Waals surface area (Å²) in [6, 6.07) is 11.8. The van der Waals surface area contributed by atoms with Crippen molar-refractivity contribution in [3.8, 4) is 0 Å². The molecule has 1 aromatic carbocycles. The molecule has 1 fully saturated rings. The van der Waals surface area contributed by atoms with E-state index in [4.69, 9.17) is 11.6 Å². The maximum absolute atomic E-state index is 12.4. The van der Waals surface area contributed by atoms with Gasteiger partial charge in [-0.15, -0.1) is 11.3 Å². The second-order valence-electron chi connectivity index (χ2n) is 4.94. The zero-order valence-corrected chi connectivity index (χ0v) is 13.9. The minimum Gasteiger partial charge on any atom is -0.337 e. The fourth-order valence-corrected chi connectivity index (χ4v) is 4.80. The van der Waals surface area contributed by atoms with Crippen LogP contribution in [0, 0.1) is 0 Å². The molecule has 1 aliphatic rings. The highest BCUT2D eigenvalue weighted by Crippen LogP contribution is 2.38. The second-order valence-corrected chi connectivity index (χ2v) is 7.60. The summed E-state index contributed by atoms with van der Waals surface area (Å²) in [5.74, 6) is 1.11. The first kappa shape index (κ1) is 14.9. The predicted molar refractivity (Wildman–Crippen MR) is 91.5 cm³/mol. The summed E-state index contributed by atoms with van der Waals surface area (Å²) in [5, 5.41) is 3.15. The number of thioether (sulfide) groups is 1. The van der Waals surface area contributed by atoms with Gasteiger partial charge in [-0.25, -0.2) is 0 Å². The Morgan fingerprint density at radius 2 is 2.05 bits per heavy atom. The van der Waals surface area contributed by atoms with E-state index in [2.05, 4.69) is 6.07 Å². The zero-order valence-electron chi connectivity index (χ0n) is 11.5. The molecular formula is C16H16ClNOS2. The molecule has 2 heterocycles. The molecule has 2 nitrogen and oxygen atoms in total. The fourth-order valence-electron chi connectivity index (χ4n) is 2.51. The predicted octanol–water partition coefficient (Wildman–Crippen LogP) is 4.72. The van der Waals surface area contributed by atoms with Crippen LogP contribution < -0.4 is 0 Å². The molecule has 1 aromatic heterocycles. The van der Waals surface area contributed by atoms with Gasteiger partial charge in [0.15, 0.2) is 0 Å². The lowest BCUT2D eigenvalue weighted by Crippen LogP contribution is -2.32. The molecule has 0 radical (unpaired) electrons. The van der Waals surface area contributed by atoms with Crippen molar-refractivity contribution in [3.63, 3.8) is 0 Å². The van der Waals surface area contributed by atoms with E-state index < -0.39 is 0 Å². The molecule has 0 saturated carbocycles. The molecule has 1 aliphatic heterocycles. The first-order chi connectivity index (χ1) is 10.3. The lowest BCUT2D eigenvalue weighted by Gasteiger charge is -2.19. The molecule has 1 saturated heterocycles. The first-order valence-corrected chi connectivity index (χ1v) is 9.25. The summed E-state index contributed by atoms with van der Waals surface area (Å²) in [6.07, 6.45) is 0.950.